The minimum atomic E-state index is -0.286. The number of rotatable bonds is 1. The summed E-state index contributed by atoms with van der Waals surface area (Å²) in [6.07, 6.45) is 1.50. The van der Waals surface area contributed by atoms with Gasteiger partial charge in [0, 0.05) is 0 Å². The van der Waals surface area contributed by atoms with E-state index in [1.165, 1.54) is 17.5 Å². The van der Waals surface area contributed by atoms with Crippen molar-refractivity contribution >= 4 is 42.1 Å². The van der Waals surface area contributed by atoms with Crippen LogP contribution in [0.15, 0.2) is 6.20 Å². The van der Waals surface area contributed by atoms with Gasteiger partial charge in [0.15, 0.2) is 0 Å². The first-order valence-electron chi connectivity index (χ1n) is 2.67. The van der Waals surface area contributed by atoms with Crippen LogP contribution in [-0.4, -0.2) is 10.9 Å². The Morgan fingerprint density at radius 2 is 2.25 bits per heavy atom. The predicted octanol–water partition coefficient (Wildman–Crippen LogP) is 0.899. The van der Waals surface area contributed by atoms with Crippen LogP contribution in [0.2, 0.25) is 0 Å². The number of nitrogens with one attached hydrogen (secondary N) is 1. The summed E-state index contributed by atoms with van der Waals surface area (Å²) >= 11 is 1.32. The Morgan fingerprint density at radius 1 is 1.67 bits per heavy atom. The number of thiazole rings is 1. The van der Waals surface area contributed by atoms with Crippen LogP contribution in [-0.2, 0) is 0 Å². The quantitative estimate of drug-likeness (QED) is 0.428. The maximum Gasteiger partial charge on any atom is 0.276 e. The molecule has 0 unspecified atom stereocenters. The van der Waals surface area contributed by atoms with Gasteiger partial charge in [-0.3, -0.25) is 10.2 Å². The molecule has 1 heterocycles. The van der Waals surface area contributed by atoms with E-state index in [1.54, 1.807) is 0 Å². The Hall–Kier alpha value is -0.360. The zero-order chi connectivity index (χ0) is 7.56. The van der Waals surface area contributed by atoms with E-state index < -0.39 is 0 Å². The minimum Gasteiger partial charge on any atom is -0.289 e. The van der Waals surface area contributed by atoms with Crippen molar-refractivity contribution in [3.63, 3.8) is 0 Å². The second-order valence-electron chi connectivity index (χ2n) is 1.72. The predicted molar refractivity (Wildman–Crippen MR) is 53.0 cm³/mol. The molecule has 0 spiro atoms. The van der Waals surface area contributed by atoms with Crippen molar-refractivity contribution in [1.29, 1.82) is 0 Å². The highest BCUT2D eigenvalue weighted by Gasteiger charge is 2.05. The lowest BCUT2D eigenvalue weighted by Crippen LogP contribution is -2.29. The number of nitrogen functional groups attached to an aromatic ring is 1. The fourth-order valence-electron chi connectivity index (χ4n) is 0.537. The Labute approximate surface area is 86.3 Å². The highest BCUT2D eigenvalue weighted by molar-refractivity contribution is 7.13. The van der Waals surface area contributed by atoms with Crippen molar-refractivity contribution < 1.29 is 4.79 Å². The summed E-state index contributed by atoms with van der Waals surface area (Å²) in [5.74, 6) is 4.61. The third-order valence-corrected chi connectivity index (χ3v) is 1.89. The van der Waals surface area contributed by atoms with E-state index in [0.717, 1.165) is 5.01 Å². The van der Waals surface area contributed by atoms with Crippen LogP contribution in [0.1, 0.15) is 14.7 Å². The summed E-state index contributed by atoms with van der Waals surface area (Å²) in [6.45, 7) is 1.83. The van der Waals surface area contributed by atoms with E-state index >= 15 is 0 Å². The Morgan fingerprint density at radius 3 is 2.58 bits per heavy atom. The number of hydrogen-bond donors (Lipinski definition) is 2. The van der Waals surface area contributed by atoms with Crippen LogP contribution >= 0.6 is 36.2 Å². The first kappa shape index (κ1) is 14.2. The van der Waals surface area contributed by atoms with E-state index in [4.69, 9.17) is 5.84 Å². The van der Waals surface area contributed by atoms with Crippen LogP contribution in [0, 0.1) is 6.92 Å². The molecule has 7 heteroatoms. The van der Waals surface area contributed by atoms with Gasteiger partial charge in [-0.15, -0.1) is 36.2 Å². The van der Waals surface area contributed by atoms with E-state index in [2.05, 4.69) is 4.98 Å². The van der Waals surface area contributed by atoms with Crippen molar-refractivity contribution in [1.82, 2.24) is 10.4 Å². The average Bonchev–Trinajstić information content (AvgIpc) is 2.34. The molecule has 0 aliphatic carbocycles. The van der Waals surface area contributed by atoms with Gasteiger partial charge in [0.25, 0.3) is 5.91 Å². The monoisotopic (exact) mass is 229 g/mol. The zero-order valence-corrected chi connectivity index (χ0v) is 8.68. The molecule has 0 aliphatic heterocycles. The van der Waals surface area contributed by atoms with Gasteiger partial charge in [0.05, 0.1) is 11.2 Å². The van der Waals surface area contributed by atoms with Crippen molar-refractivity contribution in [2.45, 2.75) is 6.92 Å². The summed E-state index contributed by atoms with van der Waals surface area (Å²) in [5.41, 5.74) is 2.03. The molecule has 0 saturated carbocycles. The number of halogens is 2. The molecule has 12 heavy (non-hydrogen) atoms. The van der Waals surface area contributed by atoms with Gasteiger partial charge in [-0.2, -0.15) is 0 Å². The first-order chi connectivity index (χ1) is 4.74. The molecule has 4 nitrogen and oxygen atoms in total. The molecule has 3 N–H and O–H groups in total. The SMILES string of the molecule is Cc1ncc(C(=O)NN)s1.Cl.Cl. The Bertz CT molecular complexity index is 253. The molecular weight excluding hydrogens is 221 g/mol. The molecule has 0 bridgehead atoms. The van der Waals surface area contributed by atoms with E-state index in [-0.39, 0.29) is 30.7 Å². The number of amides is 1. The second kappa shape index (κ2) is 6.19. The molecule has 0 radical (unpaired) electrons. The summed E-state index contributed by atoms with van der Waals surface area (Å²) in [5, 5.41) is 0.860. The molecule has 70 valence electrons. The van der Waals surface area contributed by atoms with Gasteiger partial charge in [0.2, 0.25) is 0 Å². The lowest BCUT2D eigenvalue weighted by Gasteiger charge is -1.89. The van der Waals surface area contributed by atoms with Crippen molar-refractivity contribution in [3.8, 4) is 0 Å². The van der Waals surface area contributed by atoms with Crippen LogP contribution in [0.25, 0.3) is 0 Å². The Kier molecular flexibility index (Phi) is 7.31. The summed E-state index contributed by atoms with van der Waals surface area (Å²) < 4.78 is 0. The molecule has 0 saturated heterocycles. The third-order valence-electron chi connectivity index (χ3n) is 0.976. The largest absolute Gasteiger partial charge is 0.289 e. The van der Waals surface area contributed by atoms with Gasteiger partial charge in [-0.05, 0) is 6.92 Å². The summed E-state index contributed by atoms with van der Waals surface area (Å²) in [4.78, 5) is 15.2. The van der Waals surface area contributed by atoms with Gasteiger partial charge >= 0.3 is 0 Å². The van der Waals surface area contributed by atoms with Crippen LogP contribution < -0.4 is 11.3 Å². The molecule has 1 aromatic rings. The lowest BCUT2D eigenvalue weighted by molar-refractivity contribution is 0.0957. The first-order valence-corrected chi connectivity index (χ1v) is 3.49. The lowest BCUT2D eigenvalue weighted by atomic mass is 10.5. The van der Waals surface area contributed by atoms with Crippen molar-refractivity contribution in [3.05, 3.63) is 16.1 Å². The highest BCUT2D eigenvalue weighted by atomic mass is 35.5. The number of nitrogens with zero attached hydrogens (tertiary/aromatic N) is 1. The second-order valence-corrected chi connectivity index (χ2v) is 2.95. The van der Waals surface area contributed by atoms with Gasteiger partial charge in [-0.25, -0.2) is 10.8 Å². The smallest absolute Gasteiger partial charge is 0.276 e. The maximum atomic E-state index is 10.8. The fourth-order valence-corrected chi connectivity index (χ4v) is 1.22. The normalized spacial score (nSPS) is 7.83. The highest BCUT2D eigenvalue weighted by Crippen LogP contribution is 2.09. The Balaban J connectivity index is 0. The summed E-state index contributed by atoms with van der Waals surface area (Å²) in [6, 6.07) is 0. The van der Waals surface area contributed by atoms with E-state index in [9.17, 15) is 4.79 Å². The molecule has 0 aromatic carbocycles. The topological polar surface area (TPSA) is 68.0 Å². The minimum absolute atomic E-state index is 0. The van der Waals surface area contributed by atoms with Gasteiger partial charge < -0.3 is 0 Å². The van der Waals surface area contributed by atoms with Gasteiger partial charge in [-0.1, -0.05) is 0 Å². The number of carbonyl (C=O) groups is 1. The number of nitrogens with two attached hydrogens (primary N) is 1. The molecule has 1 amide bonds. The fraction of sp³-hybridized carbons (Fsp3) is 0.200. The molecule has 0 atom stereocenters. The molecular formula is C5H9Cl2N3OS. The number of aromatic nitrogens is 1. The molecule has 1 rings (SSSR count). The number of hydrogen-bond acceptors (Lipinski definition) is 4. The van der Waals surface area contributed by atoms with Crippen molar-refractivity contribution in [2.24, 2.45) is 5.84 Å². The van der Waals surface area contributed by atoms with Crippen LogP contribution in [0.3, 0.4) is 0 Å². The van der Waals surface area contributed by atoms with Crippen LogP contribution in [0.5, 0.6) is 0 Å². The average molecular weight is 230 g/mol. The molecule has 1 aromatic heterocycles. The molecule has 0 fully saturated rings. The molecule has 0 aliphatic rings. The number of aryl methyl sites for hydroxylation is 1. The third kappa shape index (κ3) is 3.36. The standard InChI is InChI=1S/C5H7N3OS.2ClH/c1-3-7-2-4(10-3)5(9)8-6;;/h2H,6H2,1H3,(H,8,9);2*1H. The van der Waals surface area contributed by atoms with E-state index in [1.807, 2.05) is 12.3 Å². The zero-order valence-electron chi connectivity index (χ0n) is 6.23. The maximum absolute atomic E-state index is 10.8. The van der Waals surface area contributed by atoms with Crippen LogP contribution in [0.4, 0.5) is 0 Å². The summed E-state index contributed by atoms with van der Waals surface area (Å²) in [7, 11) is 0. The number of carbonyl (C=O) groups excluding carboxylic acids is 1. The van der Waals surface area contributed by atoms with Gasteiger partial charge in [0.1, 0.15) is 4.88 Å². The van der Waals surface area contributed by atoms with Crippen molar-refractivity contribution in [2.75, 3.05) is 0 Å². The number of hydrazine groups is 1. The van der Waals surface area contributed by atoms with E-state index in [0.29, 0.717) is 4.88 Å².